The first-order chi connectivity index (χ1) is 10.7. The molecule has 0 unspecified atom stereocenters. The van der Waals surface area contributed by atoms with Gasteiger partial charge in [0.1, 0.15) is 0 Å². The summed E-state index contributed by atoms with van der Waals surface area (Å²) < 4.78 is 5.31. The average molecular weight is 311 g/mol. The van der Waals surface area contributed by atoms with Crippen LogP contribution in [0.25, 0.3) is 0 Å². The van der Waals surface area contributed by atoms with Crippen LogP contribution in [-0.2, 0) is 4.74 Å². The number of rotatable bonds is 8. The van der Waals surface area contributed by atoms with E-state index < -0.39 is 0 Å². The highest BCUT2D eigenvalue weighted by Gasteiger charge is 2.37. The Hall–Kier alpha value is -0.0800. The molecule has 2 saturated carbocycles. The van der Waals surface area contributed by atoms with E-state index in [0.717, 1.165) is 37.2 Å². The quantitative estimate of drug-likeness (QED) is 0.668. The predicted octanol–water partition coefficient (Wildman–Crippen LogP) is 5.19. The third-order valence-electron chi connectivity index (χ3n) is 6.82. The number of ether oxygens (including phenoxy) is 1. The number of hydrogen-bond donors (Lipinski definition) is 1. The highest BCUT2D eigenvalue weighted by atomic mass is 16.5. The first-order valence-corrected chi connectivity index (χ1v) is 9.83. The molecule has 0 atom stereocenters. The van der Waals surface area contributed by atoms with E-state index in [1.165, 1.54) is 64.2 Å². The van der Waals surface area contributed by atoms with Crippen LogP contribution in [-0.4, -0.2) is 25.4 Å². The zero-order chi connectivity index (χ0) is 15.8. The van der Waals surface area contributed by atoms with Crippen LogP contribution in [0.2, 0.25) is 0 Å². The summed E-state index contributed by atoms with van der Waals surface area (Å²) in [4.78, 5) is 0. The molecule has 22 heavy (non-hydrogen) atoms. The van der Waals surface area contributed by atoms with Gasteiger partial charge in [-0.15, -0.1) is 0 Å². The van der Waals surface area contributed by atoms with Crippen LogP contribution >= 0.6 is 0 Å². The van der Waals surface area contributed by atoms with Crippen molar-refractivity contribution in [3.8, 4) is 0 Å². The van der Waals surface area contributed by atoms with Gasteiger partial charge in [0.05, 0.1) is 0 Å². The minimum atomic E-state index is 0.344. The summed E-state index contributed by atoms with van der Waals surface area (Å²) in [5.74, 6) is 3.00. The summed E-state index contributed by atoms with van der Waals surface area (Å²) in [6, 6.07) is 0. The molecule has 0 bridgehead atoms. The second kappa shape index (κ2) is 9.27. The maximum Gasteiger partial charge on any atom is 0.0467 e. The van der Waals surface area contributed by atoms with Crippen molar-refractivity contribution >= 4 is 0 Å². The Morgan fingerprint density at radius 2 is 1.59 bits per heavy atom. The summed E-state index contributed by atoms with van der Waals surface area (Å²) in [7, 11) is 1.80. The van der Waals surface area contributed by atoms with Gasteiger partial charge in [-0.05, 0) is 74.5 Å². The molecule has 1 N–H and O–H groups in total. The summed E-state index contributed by atoms with van der Waals surface area (Å²) in [6.45, 7) is 3.53. The highest BCUT2D eigenvalue weighted by Crippen LogP contribution is 2.48. The Bertz CT molecular complexity index is 286. The number of aliphatic hydroxyl groups excluding tert-OH is 1. The molecule has 0 aromatic rings. The van der Waals surface area contributed by atoms with Crippen molar-refractivity contribution < 1.29 is 9.84 Å². The Morgan fingerprint density at radius 1 is 0.955 bits per heavy atom. The van der Waals surface area contributed by atoms with Gasteiger partial charge in [-0.1, -0.05) is 32.6 Å². The number of hydrogen-bond acceptors (Lipinski definition) is 2. The lowest BCUT2D eigenvalue weighted by molar-refractivity contribution is 0.0412. The van der Waals surface area contributed by atoms with Crippen LogP contribution in [0.1, 0.15) is 84.0 Å². The molecule has 0 aromatic heterocycles. The van der Waals surface area contributed by atoms with Crippen LogP contribution in [0, 0.1) is 23.2 Å². The van der Waals surface area contributed by atoms with Crippen LogP contribution < -0.4 is 0 Å². The number of aliphatic hydroxyl groups is 1. The van der Waals surface area contributed by atoms with E-state index >= 15 is 0 Å². The second-order valence-electron chi connectivity index (χ2n) is 8.12. The minimum absolute atomic E-state index is 0.344. The number of methoxy groups -OCH3 is 1. The zero-order valence-corrected chi connectivity index (χ0v) is 15.0. The van der Waals surface area contributed by atoms with Crippen molar-refractivity contribution in [1.29, 1.82) is 0 Å². The van der Waals surface area contributed by atoms with Crippen molar-refractivity contribution in [3.05, 3.63) is 0 Å². The Kier molecular flexibility index (Phi) is 7.70. The van der Waals surface area contributed by atoms with Gasteiger partial charge in [-0.3, -0.25) is 0 Å². The van der Waals surface area contributed by atoms with Crippen molar-refractivity contribution in [3.63, 3.8) is 0 Å². The van der Waals surface area contributed by atoms with Crippen molar-refractivity contribution in [2.45, 2.75) is 84.0 Å². The molecule has 2 rings (SSSR count). The first-order valence-electron chi connectivity index (χ1n) is 9.83. The van der Waals surface area contributed by atoms with Crippen LogP contribution in [0.4, 0.5) is 0 Å². The van der Waals surface area contributed by atoms with Crippen molar-refractivity contribution in [1.82, 2.24) is 0 Å². The maximum atomic E-state index is 9.44. The molecule has 0 heterocycles. The zero-order valence-electron chi connectivity index (χ0n) is 15.0. The molecule has 2 aliphatic rings. The van der Waals surface area contributed by atoms with E-state index in [-0.39, 0.29) is 0 Å². The molecule has 2 heteroatoms. The summed E-state index contributed by atoms with van der Waals surface area (Å²) in [6.07, 6.45) is 16.3. The standard InChI is InChI=1S/C20H38O2/c1-3-4-17-5-7-18(8-6-17)19-9-11-20(12-10-19,13-15-21)14-16-22-2/h17-19,21H,3-16H2,1-2H3. The molecule has 0 amide bonds. The molecule has 2 nitrogen and oxygen atoms in total. The molecular weight excluding hydrogens is 272 g/mol. The third kappa shape index (κ3) is 4.96. The highest BCUT2D eigenvalue weighted by molar-refractivity contribution is 4.89. The molecule has 0 spiro atoms. The van der Waals surface area contributed by atoms with Gasteiger partial charge in [-0.2, -0.15) is 0 Å². The van der Waals surface area contributed by atoms with E-state index in [9.17, 15) is 5.11 Å². The van der Waals surface area contributed by atoms with Gasteiger partial charge < -0.3 is 9.84 Å². The molecule has 2 fully saturated rings. The van der Waals surface area contributed by atoms with Gasteiger partial charge in [0.15, 0.2) is 0 Å². The molecule has 0 aliphatic heterocycles. The summed E-state index contributed by atoms with van der Waals surface area (Å²) in [5, 5.41) is 9.44. The van der Waals surface area contributed by atoms with Crippen LogP contribution in [0.15, 0.2) is 0 Å². The van der Waals surface area contributed by atoms with Gasteiger partial charge in [-0.25, -0.2) is 0 Å². The van der Waals surface area contributed by atoms with E-state index in [1.807, 2.05) is 0 Å². The second-order valence-corrected chi connectivity index (χ2v) is 8.12. The Labute approximate surface area is 138 Å². The fourth-order valence-corrected chi connectivity index (χ4v) is 5.26. The molecular formula is C20H38O2. The SMILES string of the molecule is CCCC1CCC(C2CCC(CCO)(CCOC)CC2)CC1. The van der Waals surface area contributed by atoms with Crippen LogP contribution in [0.5, 0.6) is 0 Å². The molecule has 0 saturated heterocycles. The predicted molar refractivity (Wildman–Crippen MR) is 92.9 cm³/mol. The lowest BCUT2D eigenvalue weighted by Gasteiger charge is -2.44. The van der Waals surface area contributed by atoms with E-state index in [0.29, 0.717) is 12.0 Å². The van der Waals surface area contributed by atoms with Crippen LogP contribution in [0.3, 0.4) is 0 Å². The van der Waals surface area contributed by atoms with Gasteiger partial charge in [0, 0.05) is 20.3 Å². The summed E-state index contributed by atoms with van der Waals surface area (Å²) >= 11 is 0. The first kappa shape index (κ1) is 18.3. The topological polar surface area (TPSA) is 29.5 Å². The van der Waals surface area contributed by atoms with Crippen molar-refractivity contribution in [2.75, 3.05) is 20.3 Å². The van der Waals surface area contributed by atoms with Crippen molar-refractivity contribution in [2.24, 2.45) is 23.2 Å². The largest absolute Gasteiger partial charge is 0.396 e. The molecule has 130 valence electrons. The smallest absolute Gasteiger partial charge is 0.0467 e. The van der Waals surface area contributed by atoms with E-state index in [2.05, 4.69) is 6.92 Å². The Balaban J connectivity index is 1.78. The van der Waals surface area contributed by atoms with E-state index in [4.69, 9.17) is 4.74 Å². The summed E-state index contributed by atoms with van der Waals surface area (Å²) in [5.41, 5.74) is 0.376. The maximum absolute atomic E-state index is 9.44. The minimum Gasteiger partial charge on any atom is -0.396 e. The average Bonchev–Trinajstić information content (AvgIpc) is 2.55. The lowest BCUT2D eigenvalue weighted by atomic mass is 9.62. The molecule has 2 aliphatic carbocycles. The van der Waals surface area contributed by atoms with E-state index in [1.54, 1.807) is 7.11 Å². The van der Waals surface area contributed by atoms with Gasteiger partial charge >= 0.3 is 0 Å². The van der Waals surface area contributed by atoms with Gasteiger partial charge in [0.25, 0.3) is 0 Å². The monoisotopic (exact) mass is 310 g/mol. The Morgan fingerprint density at radius 3 is 2.14 bits per heavy atom. The van der Waals surface area contributed by atoms with Gasteiger partial charge in [0.2, 0.25) is 0 Å². The fourth-order valence-electron chi connectivity index (χ4n) is 5.26. The lowest BCUT2D eigenvalue weighted by Crippen LogP contribution is -2.33. The molecule has 0 radical (unpaired) electrons. The third-order valence-corrected chi connectivity index (χ3v) is 6.82. The molecule has 0 aromatic carbocycles. The normalized spacial score (nSPS) is 36.4. The fraction of sp³-hybridized carbons (Fsp3) is 1.00.